The molecular weight excluding hydrogens is 252 g/mol. The van der Waals surface area contributed by atoms with Crippen molar-refractivity contribution in [2.75, 3.05) is 19.9 Å². The maximum Gasteiger partial charge on any atom is 0.245 e. The fourth-order valence-electron chi connectivity index (χ4n) is 3.22. The summed E-state index contributed by atoms with van der Waals surface area (Å²) in [6, 6.07) is 10.1. The van der Waals surface area contributed by atoms with Crippen molar-refractivity contribution in [3.8, 4) is 0 Å². The van der Waals surface area contributed by atoms with Gasteiger partial charge in [-0.05, 0) is 31.2 Å². The van der Waals surface area contributed by atoms with Gasteiger partial charge < -0.3 is 9.64 Å². The van der Waals surface area contributed by atoms with Gasteiger partial charge in [0.25, 0.3) is 0 Å². The lowest BCUT2D eigenvalue weighted by Gasteiger charge is -2.33. The lowest BCUT2D eigenvalue weighted by Crippen LogP contribution is -2.42. The molecule has 20 heavy (non-hydrogen) atoms. The molecule has 2 atom stereocenters. The summed E-state index contributed by atoms with van der Waals surface area (Å²) in [6.07, 6.45) is 2.11. The molecule has 4 nitrogen and oxygen atoms in total. The van der Waals surface area contributed by atoms with Crippen molar-refractivity contribution in [1.82, 2.24) is 10.2 Å². The van der Waals surface area contributed by atoms with Crippen molar-refractivity contribution >= 4 is 5.91 Å². The molecule has 0 spiro atoms. The normalized spacial score (nSPS) is 25.9. The van der Waals surface area contributed by atoms with E-state index in [0.717, 1.165) is 31.6 Å². The predicted octanol–water partition coefficient (Wildman–Crippen LogP) is 1.93. The lowest BCUT2D eigenvalue weighted by molar-refractivity contribution is -0.132. The highest BCUT2D eigenvalue weighted by Gasteiger charge is 2.37. The van der Waals surface area contributed by atoms with Crippen LogP contribution in [0.1, 0.15) is 31.4 Å². The average Bonchev–Trinajstić information content (AvgIpc) is 2.90. The third kappa shape index (κ3) is 2.58. The summed E-state index contributed by atoms with van der Waals surface area (Å²) in [4.78, 5) is 14.6. The standard InChI is InChI=1S/C16H22N2O2/c1-12(13-7-9-20-10-8-13)18-11-17-15(16(18)19)14-5-3-2-4-6-14/h2-6,12-13,15,17H,7-11H2,1H3. The van der Waals surface area contributed by atoms with Crippen LogP contribution < -0.4 is 5.32 Å². The fourth-order valence-corrected chi connectivity index (χ4v) is 3.22. The molecule has 0 saturated carbocycles. The summed E-state index contributed by atoms with van der Waals surface area (Å²) in [5.74, 6) is 0.763. The number of hydrogen-bond acceptors (Lipinski definition) is 3. The largest absolute Gasteiger partial charge is 0.381 e. The number of carbonyl (C=O) groups is 1. The van der Waals surface area contributed by atoms with E-state index in [2.05, 4.69) is 12.2 Å². The maximum atomic E-state index is 12.6. The first-order valence-corrected chi connectivity index (χ1v) is 7.44. The topological polar surface area (TPSA) is 41.6 Å². The van der Waals surface area contributed by atoms with Crippen molar-refractivity contribution in [1.29, 1.82) is 0 Å². The minimum atomic E-state index is -0.182. The van der Waals surface area contributed by atoms with Crippen LogP contribution in [0.15, 0.2) is 30.3 Å². The molecule has 2 fully saturated rings. The average molecular weight is 274 g/mol. The van der Waals surface area contributed by atoms with Crippen LogP contribution in [0.25, 0.3) is 0 Å². The highest BCUT2D eigenvalue weighted by atomic mass is 16.5. The lowest BCUT2D eigenvalue weighted by atomic mass is 9.92. The monoisotopic (exact) mass is 274 g/mol. The van der Waals surface area contributed by atoms with E-state index < -0.39 is 0 Å². The van der Waals surface area contributed by atoms with Crippen LogP contribution in [0.3, 0.4) is 0 Å². The summed E-state index contributed by atoms with van der Waals surface area (Å²) < 4.78 is 5.41. The van der Waals surface area contributed by atoms with Gasteiger partial charge in [-0.2, -0.15) is 0 Å². The number of benzene rings is 1. The number of nitrogens with one attached hydrogen (secondary N) is 1. The highest BCUT2D eigenvalue weighted by Crippen LogP contribution is 2.28. The van der Waals surface area contributed by atoms with Gasteiger partial charge in [0.15, 0.2) is 0 Å². The second kappa shape index (κ2) is 5.94. The van der Waals surface area contributed by atoms with Gasteiger partial charge >= 0.3 is 0 Å². The van der Waals surface area contributed by atoms with E-state index in [1.807, 2.05) is 35.2 Å². The smallest absolute Gasteiger partial charge is 0.245 e. The maximum absolute atomic E-state index is 12.6. The zero-order valence-electron chi connectivity index (χ0n) is 11.9. The quantitative estimate of drug-likeness (QED) is 0.916. The Labute approximate surface area is 120 Å². The number of hydrogen-bond donors (Lipinski definition) is 1. The number of carbonyl (C=O) groups excluding carboxylic acids is 1. The number of rotatable bonds is 3. The van der Waals surface area contributed by atoms with E-state index >= 15 is 0 Å². The molecule has 2 aliphatic heterocycles. The number of nitrogens with zero attached hydrogens (tertiary/aromatic N) is 1. The molecule has 108 valence electrons. The van der Waals surface area contributed by atoms with Crippen molar-refractivity contribution in [2.45, 2.75) is 31.8 Å². The van der Waals surface area contributed by atoms with Crippen LogP contribution in [0.2, 0.25) is 0 Å². The van der Waals surface area contributed by atoms with Gasteiger partial charge in [0.05, 0.1) is 6.67 Å². The van der Waals surface area contributed by atoms with Gasteiger partial charge in [0.1, 0.15) is 6.04 Å². The van der Waals surface area contributed by atoms with Gasteiger partial charge in [-0.1, -0.05) is 30.3 Å². The van der Waals surface area contributed by atoms with Gasteiger partial charge in [0.2, 0.25) is 5.91 Å². The van der Waals surface area contributed by atoms with E-state index in [9.17, 15) is 4.79 Å². The predicted molar refractivity (Wildman–Crippen MR) is 77.0 cm³/mol. The van der Waals surface area contributed by atoms with Crippen molar-refractivity contribution in [3.05, 3.63) is 35.9 Å². The molecule has 1 aromatic rings. The number of amides is 1. The Morgan fingerprint density at radius 3 is 2.65 bits per heavy atom. The molecule has 1 aromatic carbocycles. The molecule has 3 rings (SSSR count). The Hall–Kier alpha value is -1.39. The van der Waals surface area contributed by atoms with Crippen LogP contribution in [0.4, 0.5) is 0 Å². The summed E-state index contributed by atoms with van der Waals surface area (Å²) >= 11 is 0. The first kappa shape index (κ1) is 13.6. The molecule has 2 unspecified atom stereocenters. The number of ether oxygens (including phenoxy) is 1. The summed E-state index contributed by atoms with van der Waals surface area (Å²) in [5, 5.41) is 3.34. The van der Waals surface area contributed by atoms with Crippen LogP contribution in [-0.4, -0.2) is 36.7 Å². The van der Waals surface area contributed by atoms with Crippen LogP contribution in [0, 0.1) is 5.92 Å². The van der Waals surface area contributed by atoms with Gasteiger partial charge in [-0.15, -0.1) is 0 Å². The summed E-state index contributed by atoms with van der Waals surface area (Å²) in [5.41, 5.74) is 1.05. The third-order valence-corrected chi connectivity index (χ3v) is 4.57. The van der Waals surface area contributed by atoms with E-state index in [1.165, 1.54) is 0 Å². The Morgan fingerprint density at radius 2 is 1.95 bits per heavy atom. The molecule has 2 aliphatic rings. The van der Waals surface area contributed by atoms with Crippen LogP contribution in [-0.2, 0) is 9.53 Å². The molecule has 0 aromatic heterocycles. The SMILES string of the molecule is CC(C1CCOCC1)N1CNC(c2ccccc2)C1=O. The Morgan fingerprint density at radius 1 is 1.25 bits per heavy atom. The molecule has 2 heterocycles. The van der Waals surface area contributed by atoms with Crippen molar-refractivity contribution in [2.24, 2.45) is 5.92 Å². The molecule has 0 aliphatic carbocycles. The van der Waals surface area contributed by atoms with Gasteiger partial charge in [-0.25, -0.2) is 0 Å². The Kier molecular flexibility index (Phi) is 4.03. The van der Waals surface area contributed by atoms with E-state index in [1.54, 1.807) is 0 Å². The van der Waals surface area contributed by atoms with E-state index in [-0.39, 0.29) is 18.0 Å². The summed E-state index contributed by atoms with van der Waals surface area (Å²) in [6.45, 7) is 4.47. The Balaban J connectivity index is 1.69. The molecule has 1 N–H and O–H groups in total. The minimum Gasteiger partial charge on any atom is -0.381 e. The second-order valence-corrected chi connectivity index (χ2v) is 5.70. The Bertz CT molecular complexity index is 457. The zero-order chi connectivity index (χ0) is 13.9. The van der Waals surface area contributed by atoms with Crippen molar-refractivity contribution in [3.63, 3.8) is 0 Å². The van der Waals surface area contributed by atoms with E-state index in [4.69, 9.17) is 4.74 Å². The molecule has 2 saturated heterocycles. The second-order valence-electron chi connectivity index (χ2n) is 5.70. The van der Waals surface area contributed by atoms with Gasteiger partial charge in [-0.3, -0.25) is 10.1 Å². The fraction of sp³-hybridized carbons (Fsp3) is 0.562. The molecule has 0 bridgehead atoms. The summed E-state index contributed by atoms with van der Waals surface area (Å²) in [7, 11) is 0. The first-order chi connectivity index (χ1) is 9.77. The molecular formula is C16H22N2O2. The van der Waals surface area contributed by atoms with Crippen LogP contribution >= 0.6 is 0 Å². The van der Waals surface area contributed by atoms with E-state index in [0.29, 0.717) is 12.6 Å². The third-order valence-electron chi connectivity index (χ3n) is 4.57. The minimum absolute atomic E-state index is 0.182. The molecule has 4 heteroatoms. The highest BCUT2D eigenvalue weighted by molar-refractivity contribution is 5.85. The van der Waals surface area contributed by atoms with Crippen LogP contribution in [0.5, 0.6) is 0 Å². The molecule has 1 amide bonds. The zero-order valence-corrected chi connectivity index (χ0v) is 11.9. The first-order valence-electron chi connectivity index (χ1n) is 7.44. The van der Waals surface area contributed by atoms with Gasteiger partial charge in [0, 0.05) is 19.3 Å². The van der Waals surface area contributed by atoms with Crippen molar-refractivity contribution < 1.29 is 9.53 Å². The molecule has 0 radical (unpaired) electrons.